The molecule has 0 bridgehead atoms. The highest BCUT2D eigenvalue weighted by Crippen LogP contribution is 2.37. The molecule has 2 saturated heterocycles. The molecule has 2 aromatic carbocycles. The summed E-state index contributed by atoms with van der Waals surface area (Å²) < 4.78 is 39.2. The quantitative estimate of drug-likeness (QED) is 0.269. The molecule has 0 radical (unpaired) electrons. The van der Waals surface area contributed by atoms with Gasteiger partial charge in [-0.3, -0.25) is 9.80 Å². The summed E-state index contributed by atoms with van der Waals surface area (Å²) in [5.41, 5.74) is 2.22. The second kappa shape index (κ2) is 13.9. The third kappa shape index (κ3) is 7.68. The minimum Gasteiger partial charge on any atom is -0.462 e. The zero-order valence-electron chi connectivity index (χ0n) is 27.7. The fourth-order valence-electron chi connectivity index (χ4n) is 6.70. The predicted octanol–water partition coefficient (Wildman–Crippen LogP) is 6.30. The van der Waals surface area contributed by atoms with Crippen molar-refractivity contribution < 1.29 is 23.0 Å². The lowest BCUT2D eigenvalue weighted by Gasteiger charge is -2.41. The first kappa shape index (κ1) is 33.9. The maximum absolute atomic E-state index is 13.7. The number of fused-ring (bicyclic) bond motifs is 2. The Morgan fingerprint density at radius 3 is 2.54 bits per heavy atom. The summed E-state index contributed by atoms with van der Waals surface area (Å²) >= 11 is 6.70. The van der Waals surface area contributed by atoms with E-state index < -0.39 is 17.6 Å². The number of nitrogens with zero attached hydrogens (tertiary/aromatic N) is 7. The number of piperidine rings is 1. The van der Waals surface area contributed by atoms with E-state index in [1.165, 1.54) is 0 Å². The number of hydrogen-bond acceptors (Lipinski definition) is 8. The fourth-order valence-corrected chi connectivity index (χ4v) is 6.98. The molecular weight excluding hydrogens is 640 g/mol. The molecule has 256 valence electrons. The molecule has 1 aromatic heterocycles. The maximum atomic E-state index is 13.7. The van der Waals surface area contributed by atoms with Crippen LogP contribution in [-0.2, 0) is 17.7 Å². The van der Waals surface area contributed by atoms with Crippen LogP contribution in [0.2, 0.25) is 5.02 Å². The van der Waals surface area contributed by atoms with Crippen molar-refractivity contribution in [2.24, 2.45) is 0 Å². The van der Waals surface area contributed by atoms with Crippen molar-refractivity contribution in [3.05, 3.63) is 64.1 Å². The first-order chi connectivity index (χ1) is 22.9. The maximum Gasteiger partial charge on any atom is 0.410 e. The van der Waals surface area contributed by atoms with Crippen LogP contribution in [0, 0.1) is 6.57 Å². The molecule has 0 aliphatic carbocycles. The molecule has 3 aliphatic rings. The van der Waals surface area contributed by atoms with Crippen LogP contribution in [0.3, 0.4) is 0 Å². The molecule has 6 rings (SSSR count). The number of amides is 1. The van der Waals surface area contributed by atoms with E-state index >= 15 is 0 Å². The van der Waals surface area contributed by atoms with Crippen LogP contribution in [0.4, 0.5) is 25.1 Å². The van der Waals surface area contributed by atoms with Crippen LogP contribution >= 0.6 is 11.6 Å². The van der Waals surface area contributed by atoms with Gasteiger partial charge in [-0.25, -0.2) is 20.1 Å². The minimum atomic E-state index is -2.60. The molecule has 3 aliphatic heterocycles. The molecule has 0 unspecified atom stereocenters. The summed E-state index contributed by atoms with van der Waals surface area (Å²) in [5.74, 6) is -1.87. The van der Waals surface area contributed by atoms with Gasteiger partial charge in [0.05, 0.1) is 17.3 Å². The number of halogens is 3. The van der Waals surface area contributed by atoms with Crippen molar-refractivity contribution in [1.29, 1.82) is 0 Å². The predicted molar refractivity (Wildman–Crippen MR) is 182 cm³/mol. The van der Waals surface area contributed by atoms with E-state index in [9.17, 15) is 13.6 Å². The Hall–Kier alpha value is -3.95. The Balaban J connectivity index is 1.27. The third-order valence-electron chi connectivity index (χ3n) is 9.13. The van der Waals surface area contributed by atoms with E-state index in [4.69, 9.17) is 37.6 Å². The molecule has 2 fully saturated rings. The van der Waals surface area contributed by atoms with Gasteiger partial charge >= 0.3 is 12.1 Å². The van der Waals surface area contributed by atoms with Crippen molar-refractivity contribution in [1.82, 2.24) is 19.8 Å². The van der Waals surface area contributed by atoms with Crippen LogP contribution in [0.1, 0.15) is 44.9 Å². The number of anilines is 2. The molecule has 4 heterocycles. The lowest BCUT2D eigenvalue weighted by molar-refractivity contribution is -0.0565. The number of carbonyl (C=O) groups is 1. The molecule has 3 aromatic rings. The third-order valence-corrected chi connectivity index (χ3v) is 9.45. The summed E-state index contributed by atoms with van der Waals surface area (Å²) in [6.45, 7) is 17.1. The van der Waals surface area contributed by atoms with Gasteiger partial charge in [0.25, 0.3) is 5.92 Å². The fraction of sp³-hybridized carbons (Fsp3) is 0.543. The first-order valence-electron chi connectivity index (χ1n) is 16.5. The average Bonchev–Trinajstić information content (AvgIpc) is 3.04. The number of carbonyl (C=O) groups excluding carboxylic acids is 1. The molecule has 1 atom stereocenters. The monoisotopic (exact) mass is 681 g/mol. The van der Waals surface area contributed by atoms with Crippen molar-refractivity contribution >= 4 is 40.0 Å². The molecule has 0 N–H and O–H groups in total. The van der Waals surface area contributed by atoms with E-state index in [0.717, 1.165) is 40.1 Å². The van der Waals surface area contributed by atoms with Crippen molar-refractivity contribution in [2.75, 3.05) is 68.8 Å². The zero-order chi connectivity index (χ0) is 34.1. The first-order valence-corrected chi connectivity index (χ1v) is 16.9. The standard InChI is InChI=1S/C35H42ClF2N7O3/c1-34(2,3)48-33(46)45-18-17-44(22-25(45)21-39-4)31-26-11-14-43(29-10-6-8-24-7-5-9-27(36)30(24)29)23-28(26)40-32(41-31)47-20-19-42-15-12-35(37,38)13-16-42/h5-10,25H,11-23H2,1-3H3/t25-/m0/s1. The number of benzene rings is 2. The highest BCUT2D eigenvalue weighted by atomic mass is 35.5. The molecule has 0 saturated carbocycles. The number of likely N-dealkylation sites (tertiary alicyclic amines) is 1. The Bertz CT molecular complexity index is 1680. The number of rotatable bonds is 7. The van der Waals surface area contributed by atoms with E-state index in [0.29, 0.717) is 57.3 Å². The van der Waals surface area contributed by atoms with Crippen LogP contribution in [-0.4, -0.2) is 102 Å². The summed E-state index contributed by atoms with van der Waals surface area (Å²) in [7, 11) is 0. The number of ether oxygens (including phenoxy) is 2. The van der Waals surface area contributed by atoms with Crippen LogP contribution < -0.4 is 14.5 Å². The summed E-state index contributed by atoms with van der Waals surface area (Å²) in [6.07, 6.45) is -0.0548. The second-order valence-electron chi connectivity index (χ2n) is 13.7. The van der Waals surface area contributed by atoms with Crippen LogP contribution in [0.5, 0.6) is 6.01 Å². The summed E-state index contributed by atoms with van der Waals surface area (Å²) in [4.78, 5) is 34.5. The second-order valence-corrected chi connectivity index (χ2v) is 14.1. The minimum absolute atomic E-state index is 0.136. The van der Waals surface area contributed by atoms with Gasteiger partial charge in [-0.05, 0) is 44.7 Å². The number of hydrogen-bond donors (Lipinski definition) is 0. The Morgan fingerprint density at radius 1 is 1.06 bits per heavy atom. The highest BCUT2D eigenvalue weighted by molar-refractivity contribution is 6.36. The van der Waals surface area contributed by atoms with Gasteiger partial charge in [0, 0.05) is 75.3 Å². The molecule has 13 heteroatoms. The van der Waals surface area contributed by atoms with Crippen molar-refractivity contribution in [2.45, 2.75) is 64.1 Å². The topological polar surface area (TPSA) is 78.6 Å². The number of piperazine rings is 1. The van der Waals surface area contributed by atoms with Gasteiger partial charge in [0.15, 0.2) is 0 Å². The number of aromatic nitrogens is 2. The normalized spacial score (nSPS) is 19.9. The van der Waals surface area contributed by atoms with Gasteiger partial charge in [-0.2, -0.15) is 9.97 Å². The molecule has 0 spiro atoms. The largest absolute Gasteiger partial charge is 0.462 e. The van der Waals surface area contributed by atoms with E-state index in [2.05, 4.69) is 32.8 Å². The molecule has 1 amide bonds. The van der Waals surface area contributed by atoms with Gasteiger partial charge in [-0.1, -0.05) is 35.9 Å². The van der Waals surface area contributed by atoms with Gasteiger partial charge in [0.2, 0.25) is 6.54 Å². The smallest absolute Gasteiger partial charge is 0.410 e. The Morgan fingerprint density at radius 2 is 1.81 bits per heavy atom. The lowest BCUT2D eigenvalue weighted by Crippen LogP contribution is -2.57. The Kier molecular flexibility index (Phi) is 9.81. The Labute approximate surface area is 285 Å². The van der Waals surface area contributed by atoms with Gasteiger partial charge in [0.1, 0.15) is 24.1 Å². The van der Waals surface area contributed by atoms with Crippen LogP contribution in [0.15, 0.2) is 36.4 Å². The van der Waals surface area contributed by atoms with E-state index in [1.54, 1.807) is 4.90 Å². The van der Waals surface area contributed by atoms with Gasteiger partial charge in [-0.15, -0.1) is 0 Å². The SMILES string of the molecule is [C-]#[N+]C[C@H]1CN(c2nc(OCCN3CCC(F)(F)CC3)nc3c2CCN(c2cccc4cccc(Cl)c24)C3)CCN1C(=O)OC(C)(C)C. The van der Waals surface area contributed by atoms with E-state index in [1.807, 2.05) is 43.9 Å². The average molecular weight is 682 g/mol. The van der Waals surface area contributed by atoms with Crippen molar-refractivity contribution in [3.8, 4) is 6.01 Å². The molecule has 48 heavy (non-hydrogen) atoms. The van der Waals surface area contributed by atoms with Crippen molar-refractivity contribution in [3.63, 3.8) is 0 Å². The summed E-state index contributed by atoms with van der Waals surface area (Å²) in [6, 6.07) is 11.9. The highest BCUT2D eigenvalue weighted by Gasteiger charge is 2.38. The van der Waals surface area contributed by atoms with E-state index in [-0.39, 0.29) is 38.0 Å². The lowest BCUT2D eigenvalue weighted by atomic mass is 10.0. The number of alkyl halides is 2. The molecular formula is C35H42ClF2N7O3. The zero-order valence-corrected chi connectivity index (χ0v) is 28.5. The summed E-state index contributed by atoms with van der Waals surface area (Å²) in [5, 5.41) is 2.73. The van der Waals surface area contributed by atoms with Gasteiger partial charge < -0.3 is 24.1 Å². The molecule has 10 nitrogen and oxygen atoms in total. The van der Waals surface area contributed by atoms with Crippen LogP contribution in [0.25, 0.3) is 15.6 Å².